The molecule has 1 aromatic carbocycles. The van der Waals surface area contributed by atoms with Crippen molar-refractivity contribution in [3.8, 4) is 5.75 Å². The van der Waals surface area contributed by atoms with Gasteiger partial charge in [-0.15, -0.1) is 0 Å². The molecule has 1 atom stereocenters. The van der Waals surface area contributed by atoms with Gasteiger partial charge in [0.05, 0.1) is 6.54 Å². The van der Waals surface area contributed by atoms with Crippen molar-refractivity contribution in [2.45, 2.75) is 57.9 Å². The quantitative estimate of drug-likeness (QED) is 0.578. The van der Waals surface area contributed by atoms with Gasteiger partial charge in [-0.2, -0.15) is 0 Å². The van der Waals surface area contributed by atoms with Crippen molar-refractivity contribution in [3.05, 3.63) is 40.8 Å². The van der Waals surface area contributed by atoms with E-state index in [2.05, 4.69) is 15.2 Å². The summed E-state index contributed by atoms with van der Waals surface area (Å²) in [5.41, 5.74) is 1.42. The van der Waals surface area contributed by atoms with E-state index in [-0.39, 0.29) is 23.7 Å². The van der Waals surface area contributed by atoms with Crippen LogP contribution in [-0.2, 0) is 11.3 Å². The van der Waals surface area contributed by atoms with Crippen LogP contribution in [0.4, 0.5) is 5.82 Å². The number of halogens is 1. The number of fused-ring (bicyclic) bond motifs is 3. The van der Waals surface area contributed by atoms with Gasteiger partial charge in [0.15, 0.2) is 12.0 Å². The summed E-state index contributed by atoms with van der Waals surface area (Å²) in [5, 5.41) is 4.06. The molecule has 3 heterocycles. The number of carbonyl (C=O) groups excluding carboxylic acids is 2. The summed E-state index contributed by atoms with van der Waals surface area (Å²) in [6, 6.07) is 7.29. The number of benzene rings is 1. The fourth-order valence-corrected chi connectivity index (χ4v) is 5.39. The molecule has 1 aliphatic carbocycles. The smallest absolute Gasteiger partial charge is 0.308 e. The van der Waals surface area contributed by atoms with Crippen LogP contribution in [0.3, 0.4) is 0 Å². The Labute approximate surface area is 186 Å². The first-order valence-electron chi connectivity index (χ1n) is 10.8. The summed E-state index contributed by atoms with van der Waals surface area (Å²) in [5.74, 6) is 0.833. The number of esters is 1. The van der Waals surface area contributed by atoms with Gasteiger partial charge in [0, 0.05) is 25.6 Å². The van der Waals surface area contributed by atoms with E-state index in [1.807, 2.05) is 28.5 Å². The third-order valence-electron chi connectivity index (χ3n) is 6.56. The zero-order valence-electron chi connectivity index (χ0n) is 17.7. The molecule has 9 heteroatoms. The number of anilines is 1. The standard InChI is InChI=1S/C22H26ClN5O3/c1-3-26-19(30)17-18(28-13-22(25-21(26)28)10-4-5-11-22)27(20(23)24-17)12-15-6-8-16(9-7-15)31-14(2)29/h6-9,21,25H,3-5,10-13H2,1-2H3. The molecule has 1 amide bonds. The van der Waals surface area contributed by atoms with Crippen LogP contribution in [0.25, 0.3) is 0 Å². The Balaban J connectivity index is 1.50. The highest BCUT2D eigenvalue weighted by molar-refractivity contribution is 6.29. The fraction of sp³-hybridized carbons (Fsp3) is 0.500. The Morgan fingerprint density at radius 2 is 2.00 bits per heavy atom. The van der Waals surface area contributed by atoms with Gasteiger partial charge in [-0.25, -0.2) is 4.98 Å². The molecule has 3 aliphatic rings. The second kappa shape index (κ2) is 7.53. The van der Waals surface area contributed by atoms with Crippen LogP contribution >= 0.6 is 11.6 Å². The first-order chi connectivity index (χ1) is 14.9. The Hall–Kier alpha value is -2.58. The van der Waals surface area contributed by atoms with Crippen LogP contribution in [0.2, 0.25) is 5.28 Å². The summed E-state index contributed by atoms with van der Waals surface area (Å²) < 4.78 is 7.02. The Morgan fingerprint density at radius 1 is 1.29 bits per heavy atom. The lowest BCUT2D eigenvalue weighted by Gasteiger charge is -2.39. The van der Waals surface area contributed by atoms with Crippen molar-refractivity contribution in [3.63, 3.8) is 0 Å². The van der Waals surface area contributed by atoms with E-state index < -0.39 is 0 Å². The molecule has 1 spiro atoms. The first-order valence-corrected chi connectivity index (χ1v) is 11.2. The topological polar surface area (TPSA) is 79.7 Å². The molecular weight excluding hydrogens is 418 g/mol. The van der Waals surface area contributed by atoms with Crippen molar-refractivity contribution in [1.29, 1.82) is 0 Å². The van der Waals surface area contributed by atoms with Gasteiger partial charge in [0.25, 0.3) is 5.91 Å². The van der Waals surface area contributed by atoms with Crippen molar-refractivity contribution in [1.82, 2.24) is 19.8 Å². The molecule has 1 N–H and O–H groups in total. The monoisotopic (exact) mass is 443 g/mol. The van der Waals surface area contributed by atoms with Crippen molar-refractivity contribution < 1.29 is 14.3 Å². The highest BCUT2D eigenvalue weighted by Crippen LogP contribution is 2.42. The average molecular weight is 444 g/mol. The SMILES string of the molecule is CCN1C(=O)c2nc(Cl)n(Cc3ccc(OC(C)=O)cc3)c2N2CC3(CCCC3)NC12. The molecule has 8 nitrogen and oxygen atoms in total. The van der Waals surface area contributed by atoms with E-state index in [9.17, 15) is 9.59 Å². The number of hydrogen-bond acceptors (Lipinski definition) is 6. The van der Waals surface area contributed by atoms with Crippen LogP contribution in [-0.4, -0.2) is 51.2 Å². The maximum Gasteiger partial charge on any atom is 0.308 e. The third kappa shape index (κ3) is 3.38. The summed E-state index contributed by atoms with van der Waals surface area (Å²) in [6.07, 6.45) is 4.45. The molecule has 1 unspecified atom stereocenters. The highest BCUT2D eigenvalue weighted by atomic mass is 35.5. The van der Waals surface area contributed by atoms with Crippen molar-refractivity contribution in [2.24, 2.45) is 0 Å². The maximum atomic E-state index is 13.2. The average Bonchev–Trinajstić information content (AvgIpc) is 3.42. The lowest BCUT2D eigenvalue weighted by atomic mass is 9.99. The van der Waals surface area contributed by atoms with E-state index in [1.165, 1.54) is 19.8 Å². The predicted molar refractivity (Wildman–Crippen MR) is 116 cm³/mol. The second-order valence-corrected chi connectivity index (χ2v) is 8.94. The van der Waals surface area contributed by atoms with Crippen LogP contribution in [0.1, 0.15) is 55.6 Å². The van der Waals surface area contributed by atoms with Gasteiger partial charge in [-0.05, 0) is 49.1 Å². The number of imidazole rings is 1. The van der Waals surface area contributed by atoms with Gasteiger partial charge in [0.1, 0.15) is 11.6 Å². The number of ether oxygens (including phenoxy) is 1. The summed E-state index contributed by atoms with van der Waals surface area (Å²) in [6.45, 7) is 5.27. The maximum absolute atomic E-state index is 13.2. The van der Waals surface area contributed by atoms with E-state index in [1.54, 1.807) is 12.1 Å². The van der Waals surface area contributed by atoms with E-state index in [0.717, 1.165) is 30.8 Å². The molecule has 164 valence electrons. The number of aromatic nitrogens is 2. The van der Waals surface area contributed by atoms with Gasteiger partial charge < -0.3 is 14.5 Å². The van der Waals surface area contributed by atoms with Crippen LogP contribution in [0.5, 0.6) is 5.75 Å². The first kappa shape index (κ1) is 20.3. The van der Waals surface area contributed by atoms with Gasteiger partial charge >= 0.3 is 5.97 Å². The van der Waals surface area contributed by atoms with Gasteiger partial charge in [-0.3, -0.25) is 19.5 Å². The summed E-state index contributed by atoms with van der Waals surface area (Å²) >= 11 is 6.55. The molecule has 1 saturated heterocycles. The summed E-state index contributed by atoms with van der Waals surface area (Å²) in [7, 11) is 0. The number of hydrogen-bond donors (Lipinski definition) is 1. The third-order valence-corrected chi connectivity index (χ3v) is 6.84. The van der Waals surface area contributed by atoms with Crippen LogP contribution in [0, 0.1) is 0 Å². The minimum Gasteiger partial charge on any atom is -0.427 e. The van der Waals surface area contributed by atoms with Gasteiger partial charge in [-0.1, -0.05) is 25.0 Å². The molecule has 2 aromatic rings. The van der Waals surface area contributed by atoms with Crippen molar-refractivity contribution >= 4 is 29.3 Å². The molecular formula is C22H26ClN5O3. The van der Waals surface area contributed by atoms with Gasteiger partial charge in [0.2, 0.25) is 5.28 Å². The fourth-order valence-electron chi connectivity index (χ4n) is 5.17. The summed E-state index contributed by atoms with van der Waals surface area (Å²) in [4.78, 5) is 33.0. The van der Waals surface area contributed by atoms with E-state index in [4.69, 9.17) is 16.3 Å². The van der Waals surface area contributed by atoms with Crippen LogP contribution < -0.4 is 15.0 Å². The zero-order valence-corrected chi connectivity index (χ0v) is 18.5. The molecule has 0 bridgehead atoms. The Morgan fingerprint density at radius 3 is 2.65 bits per heavy atom. The largest absolute Gasteiger partial charge is 0.427 e. The highest BCUT2D eigenvalue weighted by Gasteiger charge is 2.52. The molecule has 2 aliphatic heterocycles. The van der Waals surface area contributed by atoms with E-state index in [0.29, 0.717) is 29.8 Å². The number of rotatable bonds is 4. The number of amides is 1. The number of nitrogens with one attached hydrogen (secondary N) is 1. The molecule has 1 aromatic heterocycles. The lowest BCUT2D eigenvalue weighted by Crippen LogP contribution is -2.58. The minimum absolute atomic E-state index is 0.0350. The molecule has 0 radical (unpaired) electrons. The van der Waals surface area contributed by atoms with E-state index >= 15 is 0 Å². The van der Waals surface area contributed by atoms with Crippen molar-refractivity contribution in [2.75, 3.05) is 18.0 Å². The predicted octanol–water partition coefficient (Wildman–Crippen LogP) is 2.99. The molecule has 5 rings (SSSR count). The lowest BCUT2D eigenvalue weighted by molar-refractivity contribution is -0.131. The minimum atomic E-state index is -0.355. The molecule has 1 saturated carbocycles. The Kier molecular flexibility index (Phi) is 4.94. The Bertz CT molecular complexity index is 1030. The van der Waals surface area contributed by atoms with Crippen LogP contribution in [0.15, 0.2) is 24.3 Å². The molecule has 2 fully saturated rings. The second-order valence-electron chi connectivity index (χ2n) is 8.60. The number of nitrogens with zero attached hydrogens (tertiary/aromatic N) is 4. The number of carbonyl (C=O) groups is 2. The molecule has 31 heavy (non-hydrogen) atoms. The zero-order chi connectivity index (χ0) is 21.8. The normalized spacial score (nSPS) is 21.5.